The monoisotopic (exact) mass is 149 g/mol. The lowest BCUT2D eigenvalue weighted by molar-refractivity contribution is 0.398. The number of anilines is 1. The fourth-order valence-corrected chi connectivity index (χ4v) is 0.664. The highest BCUT2D eigenvalue weighted by Crippen LogP contribution is 2.12. The second-order valence-corrected chi connectivity index (χ2v) is 1.90. The molecule has 1 rings (SSSR count). The third kappa shape index (κ3) is 1.38. The molecule has 0 atom stereocenters. The second-order valence-electron chi connectivity index (χ2n) is 1.90. The molecule has 1 aromatic heterocycles. The molecule has 0 aliphatic carbocycles. The molecule has 0 fully saturated rings. The molecule has 1 heterocycles. The van der Waals surface area contributed by atoms with Crippen LogP contribution < -0.4 is 10.5 Å². The van der Waals surface area contributed by atoms with E-state index in [1.54, 1.807) is 12.1 Å². The van der Waals surface area contributed by atoms with Gasteiger partial charge in [-0.25, -0.2) is 0 Å². The molecule has 56 valence electrons. The fourth-order valence-electron chi connectivity index (χ4n) is 0.664. The number of rotatable bonds is 1. The number of pyridine rings is 1. The lowest BCUT2D eigenvalue weighted by Crippen LogP contribution is -1.96. The summed E-state index contributed by atoms with van der Waals surface area (Å²) in [6.45, 7) is 0. The van der Waals surface area contributed by atoms with Crippen LogP contribution in [0.2, 0.25) is 0 Å². The molecule has 11 heavy (non-hydrogen) atoms. The first-order chi connectivity index (χ1) is 5.27. The Morgan fingerprint density at radius 1 is 1.64 bits per heavy atom. The van der Waals surface area contributed by atoms with E-state index in [9.17, 15) is 0 Å². The number of ether oxygens (including phenoxy) is 1. The standard InChI is InChI=1S/C7H7N3O/c1-11-6-3-2-5(4-8)7(9)10-6/h2-3H,1H3,(H2,9,10). The van der Waals surface area contributed by atoms with Crippen molar-refractivity contribution in [3.8, 4) is 11.9 Å². The van der Waals surface area contributed by atoms with E-state index in [0.29, 0.717) is 11.4 Å². The van der Waals surface area contributed by atoms with E-state index >= 15 is 0 Å². The maximum absolute atomic E-state index is 8.47. The van der Waals surface area contributed by atoms with E-state index in [-0.39, 0.29) is 5.82 Å². The van der Waals surface area contributed by atoms with Crippen LogP contribution in [0.4, 0.5) is 5.82 Å². The highest BCUT2D eigenvalue weighted by molar-refractivity contribution is 5.49. The second kappa shape index (κ2) is 2.88. The molecule has 0 bridgehead atoms. The third-order valence-electron chi connectivity index (χ3n) is 1.23. The zero-order chi connectivity index (χ0) is 8.27. The molecule has 0 amide bonds. The normalized spacial score (nSPS) is 8.73. The predicted molar refractivity (Wildman–Crippen MR) is 39.9 cm³/mol. The summed E-state index contributed by atoms with van der Waals surface area (Å²) >= 11 is 0. The van der Waals surface area contributed by atoms with Crippen LogP contribution in [0.1, 0.15) is 5.56 Å². The van der Waals surface area contributed by atoms with E-state index in [1.807, 2.05) is 6.07 Å². The van der Waals surface area contributed by atoms with Crippen molar-refractivity contribution in [2.24, 2.45) is 0 Å². The van der Waals surface area contributed by atoms with E-state index in [1.165, 1.54) is 7.11 Å². The van der Waals surface area contributed by atoms with Crippen LogP contribution in [-0.2, 0) is 0 Å². The third-order valence-corrected chi connectivity index (χ3v) is 1.23. The van der Waals surface area contributed by atoms with Crippen LogP contribution in [0.25, 0.3) is 0 Å². The largest absolute Gasteiger partial charge is 0.481 e. The zero-order valence-corrected chi connectivity index (χ0v) is 6.03. The first kappa shape index (κ1) is 7.35. The van der Waals surface area contributed by atoms with Crippen molar-refractivity contribution in [3.63, 3.8) is 0 Å². The van der Waals surface area contributed by atoms with Gasteiger partial charge in [0.2, 0.25) is 5.88 Å². The van der Waals surface area contributed by atoms with Gasteiger partial charge in [0.25, 0.3) is 0 Å². The Hall–Kier alpha value is -1.76. The number of methoxy groups -OCH3 is 1. The lowest BCUT2D eigenvalue weighted by Gasteiger charge is -1.99. The number of nitriles is 1. The first-order valence-corrected chi connectivity index (χ1v) is 2.98. The van der Waals surface area contributed by atoms with Gasteiger partial charge in [-0.05, 0) is 6.07 Å². The maximum Gasteiger partial charge on any atom is 0.214 e. The van der Waals surface area contributed by atoms with Gasteiger partial charge in [-0.3, -0.25) is 0 Å². The molecular formula is C7H7N3O. The minimum Gasteiger partial charge on any atom is -0.481 e. The molecule has 4 heteroatoms. The molecule has 0 radical (unpaired) electrons. The summed E-state index contributed by atoms with van der Waals surface area (Å²) < 4.78 is 4.79. The highest BCUT2D eigenvalue weighted by atomic mass is 16.5. The smallest absolute Gasteiger partial charge is 0.214 e. The van der Waals surface area contributed by atoms with Gasteiger partial charge in [0.15, 0.2) is 0 Å². The van der Waals surface area contributed by atoms with Crippen LogP contribution >= 0.6 is 0 Å². The lowest BCUT2D eigenvalue weighted by atomic mass is 10.3. The Bertz CT molecular complexity index is 303. The van der Waals surface area contributed by atoms with E-state index < -0.39 is 0 Å². The van der Waals surface area contributed by atoms with Crippen molar-refractivity contribution in [3.05, 3.63) is 17.7 Å². The number of aromatic nitrogens is 1. The summed E-state index contributed by atoms with van der Waals surface area (Å²) in [7, 11) is 1.49. The zero-order valence-electron chi connectivity index (χ0n) is 6.03. The van der Waals surface area contributed by atoms with Gasteiger partial charge >= 0.3 is 0 Å². The molecule has 2 N–H and O–H groups in total. The molecule has 0 unspecified atom stereocenters. The topological polar surface area (TPSA) is 71.9 Å². The average Bonchev–Trinajstić information content (AvgIpc) is 2.04. The molecular weight excluding hydrogens is 142 g/mol. The number of nitrogen functional groups attached to an aromatic ring is 1. The molecule has 0 saturated heterocycles. The fraction of sp³-hybridized carbons (Fsp3) is 0.143. The SMILES string of the molecule is COc1ccc(C#N)c(N)n1. The Morgan fingerprint density at radius 3 is 2.82 bits per heavy atom. The number of hydrogen-bond donors (Lipinski definition) is 1. The number of nitrogens with two attached hydrogens (primary N) is 1. The first-order valence-electron chi connectivity index (χ1n) is 2.98. The molecule has 0 spiro atoms. The van der Waals surface area contributed by atoms with E-state index in [0.717, 1.165) is 0 Å². The molecule has 0 aromatic carbocycles. The van der Waals surface area contributed by atoms with Crippen LogP contribution in [0.3, 0.4) is 0 Å². The molecule has 0 saturated carbocycles. The number of nitrogens with zero attached hydrogens (tertiary/aromatic N) is 2. The summed E-state index contributed by atoms with van der Waals surface area (Å²) in [5, 5.41) is 8.47. The van der Waals surface area contributed by atoms with Gasteiger partial charge in [-0.2, -0.15) is 10.2 Å². The van der Waals surface area contributed by atoms with Gasteiger partial charge < -0.3 is 10.5 Å². The summed E-state index contributed by atoms with van der Waals surface area (Å²) in [5.74, 6) is 0.619. The van der Waals surface area contributed by atoms with Gasteiger partial charge in [0, 0.05) is 6.07 Å². The Balaban J connectivity index is 3.12. The van der Waals surface area contributed by atoms with E-state index in [4.69, 9.17) is 15.7 Å². The number of hydrogen-bond acceptors (Lipinski definition) is 4. The summed E-state index contributed by atoms with van der Waals surface area (Å²) in [6, 6.07) is 5.07. The summed E-state index contributed by atoms with van der Waals surface area (Å²) in [6.07, 6.45) is 0. The Morgan fingerprint density at radius 2 is 2.36 bits per heavy atom. The van der Waals surface area contributed by atoms with Gasteiger partial charge in [-0.15, -0.1) is 0 Å². The highest BCUT2D eigenvalue weighted by Gasteiger charge is 1.99. The quantitative estimate of drug-likeness (QED) is 0.632. The minimum absolute atomic E-state index is 0.201. The molecule has 4 nitrogen and oxygen atoms in total. The summed E-state index contributed by atoms with van der Waals surface area (Å²) in [5.41, 5.74) is 5.76. The van der Waals surface area contributed by atoms with Crippen molar-refractivity contribution in [2.75, 3.05) is 12.8 Å². The van der Waals surface area contributed by atoms with Gasteiger partial charge in [0.05, 0.1) is 12.7 Å². The average molecular weight is 149 g/mol. The van der Waals surface area contributed by atoms with E-state index in [2.05, 4.69) is 4.98 Å². The van der Waals surface area contributed by atoms with Gasteiger partial charge in [0.1, 0.15) is 11.9 Å². The Labute approximate surface area is 64.2 Å². The molecule has 0 aliphatic rings. The van der Waals surface area contributed by atoms with Crippen LogP contribution in [-0.4, -0.2) is 12.1 Å². The van der Waals surface area contributed by atoms with Crippen LogP contribution in [0.5, 0.6) is 5.88 Å². The maximum atomic E-state index is 8.47. The minimum atomic E-state index is 0.201. The van der Waals surface area contributed by atoms with Crippen molar-refractivity contribution < 1.29 is 4.74 Å². The molecule has 1 aromatic rings. The van der Waals surface area contributed by atoms with Crippen LogP contribution in [0, 0.1) is 11.3 Å². The summed E-state index contributed by atoms with van der Waals surface area (Å²) in [4.78, 5) is 3.80. The van der Waals surface area contributed by atoms with Gasteiger partial charge in [-0.1, -0.05) is 0 Å². The molecule has 0 aliphatic heterocycles. The van der Waals surface area contributed by atoms with Crippen LogP contribution in [0.15, 0.2) is 12.1 Å². The van der Waals surface area contributed by atoms with Crippen molar-refractivity contribution in [2.45, 2.75) is 0 Å². The van der Waals surface area contributed by atoms with Crippen molar-refractivity contribution in [1.82, 2.24) is 4.98 Å². The Kier molecular flexibility index (Phi) is 1.93. The van der Waals surface area contributed by atoms with Crippen molar-refractivity contribution in [1.29, 1.82) is 5.26 Å². The van der Waals surface area contributed by atoms with Crippen molar-refractivity contribution >= 4 is 5.82 Å². The predicted octanol–water partition coefficient (Wildman–Crippen LogP) is 0.544.